The van der Waals surface area contributed by atoms with Gasteiger partial charge in [-0.15, -0.1) is 0 Å². The van der Waals surface area contributed by atoms with E-state index >= 15 is 0 Å². The van der Waals surface area contributed by atoms with E-state index in [1.165, 1.54) is 10.5 Å². The molecule has 0 saturated heterocycles. The Kier molecular flexibility index (Phi) is 6.77. The van der Waals surface area contributed by atoms with Gasteiger partial charge in [-0.05, 0) is 41.7 Å². The molecule has 1 heterocycles. The van der Waals surface area contributed by atoms with Crippen LogP contribution < -0.4 is 5.32 Å². The molecule has 4 heteroatoms. The third-order valence-electron chi connectivity index (χ3n) is 7.36. The van der Waals surface area contributed by atoms with E-state index in [0.717, 1.165) is 16.7 Å². The van der Waals surface area contributed by atoms with Crippen molar-refractivity contribution >= 4 is 11.8 Å². The lowest BCUT2D eigenvalue weighted by Gasteiger charge is -2.42. The summed E-state index contributed by atoms with van der Waals surface area (Å²) in [6, 6.07) is 36.3. The molecule has 0 unspecified atom stereocenters. The summed E-state index contributed by atoms with van der Waals surface area (Å²) >= 11 is 0. The predicted octanol–water partition coefficient (Wildman–Crippen LogP) is 6.20. The summed E-state index contributed by atoms with van der Waals surface area (Å²) in [6.45, 7) is 6.62. The summed E-state index contributed by atoms with van der Waals surface area (Å²) in [7, 11) is 0. The van der Waals surface area contributed by atoms with Crippen molar-refractivity contribution in [3.63, 3.8) is 0 Å². The Morgan fingerprint density at radius 2 is 1.08 bits per heavy atom. The maximum Gasteiger partial charge on any atom is 0.261 e. The van der Waals surface area contributed by atoms with Gasteiger partial charge in [0.05, 0.1) is 16.7 Å². The van der Waals surface area contributed by atoms with E-state index in [-0.39, 0.29) is 30.3 Å². The van der Waals surface area contributed by atoms with Crippen LogP contribution in [-0.2, 0) is 5.54 Å². The van der Waals surface area contributed by atoms with E-state index in [1.54, 1.807) is 24.3 Å². The van der Waals surface area contributed by atoms with Crippen molar-refractivity contribution in [2.45, 2.75) is 32.4 Å². The molecular weight excluding hydrogens is 456 g/mol. The molecule has 1 N–H and O–H groups in total. The second-order valence-corrected chi connectivity index (χ2v) is 10.1. The molecular formula is C33H32N2O2. The maximum atomic E-state index is 13.3. The minimum absolute atomic E-state index is 0.140. The number of nitrogens with one attached hydrogen (secondary N) is 1. The lowest BCUT2D eigenvalue weighted by atomic mass is 9.75. The monoisotopic (exact) mass is 488 g/mol. The molecule has 1 aliphatic heterocycles. The van der Waals surface area contributed by atoms with E-state index in [0.29, 0.717) is 11.1 Å². The predicted molar refractivity (Wildman–Crippen MR) is 148 cm³/mol. The molecule has 0 aromatic heterocycles. The first-order valence-corrected chi connectivity index (χ1v) is 12.8. The van der Waals surface area contributed by atoms with Gasteiger partial charge in [0.1, 0.15) is 0 Å². The van der Waals surface area contributed by atoms with Gasteiger partial charge in [-0.3, -0.25) is 19.8 Å². The van der Waals surface area contributed by atoms with Gasteiger partial charge in [-0.1, -0.05) is 116 Å². The van der Waals surface area contributed by atoms with Gasteiger partial charge < -0.3 is 0 Å². The third kappa shape index (κ3) is 4.49. The molecule has 5 rings (SSSR count). The molecule has 0 spiro atoms. The fraction of sp³-hybridized carbons (Fsp3) is 0.212. The van der Waals surface area contributed by atoms with Crippen molar-refractivity contribution in [2.24, 2.45) is 5.92 Å². The SMILES string of the molecule is Cc1ccc(C(N[C@H](CN2C(=O)c3ccccc3C2=O)C(C)C)(c2ccccc2)c2ccccc2)cc1. The first-order chi connectivity index (χ1) is 17.9. The number of benzene rings is 4. The van der Waals surface area contributed by atoms with Crippen molar-refractivity contribution in [3.05, 3.63) is 143 Å². The topological polar surface area (TPSA) is 49.4 Å². The molecule has 4 aromatic carbocycles. The van der Waals surface area contributed by atoms with Crippen LogP contribution >= 0.6 is 0 Å². The van der Waals surface area contributed by atoms with Crippen molar-refractivity contribution < 1.29 is 9.59 Å². The molecule has 0 fully saturated rings. The van der Waals surface area contributed by atoms with Crippen molar-refractivity contribution in [3.8, 4) is 0 Å². The Labute approximate surface area is 219 Å². The lowest BCUT2D eigenvalue weighted by Crippen LogP contribution is -2.55. The van der Waals surface area contributed by atoms with Crippen LogP contribution in [0.2, 0.25) is 0 Å². The minimum atomic E-state index is -0.691. The summed E-state index contributed by atoms with van der Waals surface area (Å²) in [5, 5.41) is 3.98. The fourth-order valence-corrected chi connectivity index (χ4v) is 5.23. The standard InChI is InChI=1S/C33H32N2O2/c1-23(2)30(22-35-31(36)28-16-10-11-17-29(28)32(35)37)34-33(25-12-6-4-7-13-25,26-14-8-5-9-15-26)27-20-18-24(3)19-21-27/h4-21,23,30,34H,22H2,1-3H3/t30-/m1/s1. The van der Waals surface area contributed by atoms with Crippen LogP contribution in [0.15, 0.2) is 109 Å². The summed E-state index contributed by atoms with van der Waals surface area (Å²) in [4.78, 5) is 27.9. The zero-order valence-corrected chi connectivity index (χ0v) is 21.5. The van der Waals surface area contributed by atoms with E-state index in [1.807, 2.05) is 12.1 Å². The van der Waals surface area contributed by atoms with E-state index in [2.05, 4.69) is 98.9 Å². The first kappa shape index (κ1) is 24.7. The zero-order chi connectivity index (χ0) is 26.0. The average Bonchev–Trinajstić information content (AvgIpc) is 3.17. The smallest absolute Gasteiger partial charge is 0.261 e. The number of rotatable bonds is 8. The molecule has 1 aliphatic rings. The lowest BCUT2D eigenvalue weighted by molar-refractivity contribution is 0.0622. The Morgan fingerprint density at radius 3 is 1.54 bits per heavy atom. The molecule has 1 atom stereocenters. The quantitative estimate of drug-likeness (QED) is 0.237. The number of imide groups is 1. The molecule has 37 heavy (non-hydrogen) atoms. The molecule has 0 bridgehead atoms. The van der Waals surface area contributed by atoms with Gasteiger partial charge in [0, 0.05) is 12.6 Å². The maximum absolute atomic E-state index is 13.3. The Bertz CT molecular complexity index is 1320. The first-order valence-electron chi connectivity index (χ1n) is 12.8. The summed E-state index contributed by atoms with van der Waals surface area (Å²) in [5.41, 5.74) is 4.74. The van der Waals surface area contributed by atoms with Crippen molar-refractivity contribution in [1.82, 2.24) is 10.2 Å². The molecule has 4 aromatic rings. The summed E-state index contributed by atoms with van der Waals surface area (Å²) in [6.07, 6.45) is 0. The van der Waals surface area contributed by atoms with Gasteiger partial charge in [-0.25, -0.2) is 0 Å². The molecule has 0 aliphatic carbocycles. The van der Waals surface area contributed by atoms with Gasteiger partial charge in [0.15, 0.2) is 0 Å². The van der Waals surface area contributed by atoms with Crippen molar-refractivity contribution in [1.29, 1.82) is 0 Å². The fourth-order valence-electron chi connectivity index (χ4n) is 5.23. The largest absolute Gasteiger partial charge is 0.295 e. The highest BCUT2D eigenvalue weighted by Crippen LogP contribution is 2.38. The molecule has 2 amide bonds. The van der Waals surface area contributed by atoms with E-state index in [9.17, 15) is 9.59 Å². The van der Waals surface area contributed by atoms with Crippen LogP contribution in [-0.4, -0.2) is 29.3 Å². The number of nitrogens with zero attached hydrogens (tertiary/aromatic N) is 1. The second-order valence-electron chi connectivity index (χ2n) is 10.1. The normalized spacial score (nSPS) is 14.2. The van der Waals surface area contributed by atoms with Crippen LogP contribution in [0.4, 0.5) is 0 Å². The number of hydrogen-bond donors (Lipinski definition) is 1. The second kappa shape index (κ2) is 10.2. The van der Waals surface area contributed by atoms with Crippen molar-refractivity contribution in [2.75, 3.05) is 6.54 Å². The van der Waals surface area contributed by atoms with Crippen LogP contribution in [0.1, 0.15) is 56.8 Å². The van der Waals surface area contributed by atoms with Gasteiger partial charge in [-0.2, -0.15) is 0 Å². The van der Waals surface area contributed by atoms with Crippen LogP contribution in [0.5, 0.6) is 0 Å². The minimum Gasteiger partial charge on any atom is -0.295 e. The van der Waals surface area contributed by atoms with Gasteiger partial charge in [0.25, 0.3) is 11.8 Å². The number of fused-ring (bicyclic) bond motifs is 1. The Hall–Kier alpha value is -4.02. The number of hydrogen-bond acceptors (Lipinski definition) is 3. The van der Waals surface area contributed by atoms with E-state index in [4.69, 9.17) is 0 Å². The average molecular weight is 489 g/mol. The molecule has 186 valence electrons. The van der Waals surface area contributed by atoms with Gasteiger partial charge in [0.2, 0.25) is 0 Å². The van der Waals surface area contributed by atoms with E-state index < -0.39 is 5.54 Å². The zero-order valence-electron chi connectivity index (χ0n) is 21.5. The third-order valence-corrected chi connectivity index (χ3v) is 7.36. The van der Waals surface area contributed by atoms with Crippen LogP contribution in [0.3, 0.4) is 0 Å². The Morgan fingerprint density at radius 1 is 0.649 bits per heavy atom. The number of amides is 2. The highest BCUT2D eigenvalue weighted by molar-refractivity contribution is 6.21. The highest BCUT2D eigenvalue weighted by Gasteiger charge is 2.42. The highest BCUT2D eigenvalue weighted by atomic mass is 16.2. The Balaban J connectivity index is 1.62. The number of aryl methyl sites for hydroxylation is 1. The van der Waals surface area contributed by atoms with Crippen LogP contribution in [0.25, 0.3) is 0 Å². The molecule has 0 radical (unpaired) electrons. The summed E-state index contributed by atoms with van der Waals surface area (Å²) in [5.74, 6) is -0.316. The summed E-state index contributed by atoms with van der Waals surface area (Å²) < 4.78 is 0. The number of carbonyl (C=O) groups excluding carboxylic acids is 2. The van der Waals surface area contributed by atoms with Crippen LogP contribution in [0, 0.1) is 12.8 Å². The molecule has 4 nitrogen and oxygen atoms in total. The number of carbonyl (C=O) groups is 2. The van der Waals surface area contributed by atoms with Gasteiger partial charge >= 0.3 is 0 Å². The molecule has 0 saturated carbocycles.